The third kappa shape index (κ3) is 4.10. The molecule has 19 heavy (non-hydrogen) atoms. The molecule has 100 valence electrons. The Morgan fingerprint density at radius 1 is 1.26 bits per heavy atom. The molecule has 0 radical (unpaired) electrons. The lowest BCUT2D eigenvalue weighted by molar-refractivity contribution is -0.145. The van der Waals surface area contributed by atoms with Crippen LogP contribution >= 0.6 is 11.8 Å². The minimum Gasteiger partial charge on any atom is -0.461 e. The smallest absolute Gasteiger partial charge is 0.375 e. The van der Waals surface area contributed by atoms with Crippen LogP contribution in [0.4, 0.5) is 4.79 Å². The zero-order valence-electron chi connectivity index (χ0n) is 10.0. The maximum absolute atomic E-state index is 11.5. The molecule has 0 saturated carbocycles. The van der Waals surface area contributed by atoms with Gasteiger partial charge < -0.3 is 9.47 Å². The molecule has 1 saturated heterocycles. The fourth-order valence-corrected chi connectivity index (χ4v) is 2.31. The van der Waals surface area contributed by atoms with Crippen molar-refractivity contribution in [3.05, 3.63) is 35.9 Å². The number of benzene rings is 1. The van der Waals surface area contributed by atoms with E-state index in [1.165, 1.54) is 0 Å². The van der Waals surface area contributed by atoms with Gasteiger partial charge in [0, 0.05) is 6.42 Å². The predicted molar refractivity (Wildman–Crippen MR) is 68.3 cm³/mol. The van der Waals surface area contributed by atoms with Crippen LogP contribution in [-0.4, -0.2) is 22.5 Å². The van der Waals surface area contributed by atoms with Crippen LogP contribution in [0.1, 0.15) is 18.4 Å². The molecule has 0 spiro atoms. The summed E-state index contributed by atoms with van der Waals surface area (Å²) in [5.41, 5.74) is 0.903. The molecule has 1 aliphatic heterocycles. The van der Waals surface area contributed by atoms with E-state index in [2.05, 4.69) is 4.74 Å². The van der Waals surface area contributed by atoms with Crippen molar-refractivity contribution in [2.45, 2.75) is 24.7 Å². The molecule has 2 rings (SSSR count). The minimum atomic E-state index is -0.604. The van der Waals surface area contributed by atoms with Crippen LogP contribution < -0.4 is 0 Å². The third-order valence-corrected chi connectivity index (χ3v) is 3.53. The molecule has 0 aromatic heterocycles. The van der Waals surface area contributed by atoms with Crippen LogP contribution in [0.15, 0.2) is 30.3 Å². The van der Waals surface area contributed by atoms with E-state index < -0.39 is 22.5 Å². The van der Waals surface area contributed by atoms with Gasteiger partial charge in [-0.05, 0) is 23.7 Å². The van der Waals surface area contributed by atoms with E-state index in [4.69, 9.17) is 4.74 Å². The number of hydrogen-bond acceptors (Lipinski definition) is 6. The SMILES string of the molecule is O=C(CCC1SC(=O)OC1=O)OCc1ccccc1. The fourth-order valence-electron chi connectivity index (χ4n) is 1.57. The quantitative estimate of drug-likeness (QED) is 0.609. The van der Waals surface area contributed by atoms with Crippen molar-refractivity contribution in [2.75, 3.05) is 0 Å². The summed E-state index contributed by atoms with van der Waals surface area (Å²) < 4.78 is 9.43. The molecule has 1 aromatic carbocycles. The molecule has 0 aliphatic carbocycles. The number of thioether (sulfide) groups is 1. The molecule has 1 heterocycles. The third-order valence-electron chi connectivity index (χ3n) is 2.54. The van der Waals surface area contributed by atoms with Gasteiger partial charge in [-0.1, -0.05) is 30.3 Å². The van der Waals surface area contributed by atoms with E-state index in [1.807, 2.05) is 30.3 Å². The number of ether oxygens (including phenoxy) is 2. The van der Waals surface area contributed by atoms with Crippen molar-refractivity contribution in [1.29, 1.82) is 0 Å². The maximum atomic E-state index is 11.5. The standard InChI is InChI=1S/C13H12O5S/c14-11(17-8-9-4-2-1-3-5-9)7-6-10-12(15)18-13(16)19-10/h1-5,10H,6-8H2. The van der Waals surface area contributed by atoms with E-state index in [-0.39, 0.29) is 19.4 Å². The number of esters is 2. The Hall–Kier alpha value is -1.82. The zero-order valence-corrected chi connectivity index (χ0v) is 10.9. The highest BCUT2D eigenvalue weighted by molar-refractivity contribution is 8.15. The van der Waals surface area contributed by atoms with Gasteiger partial charge in [0.15, 0.2) is 0 Å². The van der Waals surface area contributed by atoms with Gasteiger partial charge in [-0.2, -0.15) is 0 Å². The van der Waals surface area contributed by atoms with Gasteiger partial charge in [-0.3, -0.25) is 9.59 Å². The van der Waals surface area contributed by atoms with E-state index in [0.717, 1.165) is 17.3 Å². The molecule has 1 fully saturated rings. The predicted octanol–water partition coefficient (Wildman–Crippen LogP) is 2.29. The highest BCUT2D eigenvalue weighted by Crippen LogP contribution is 2.27. The van der Waals surface area contributed by atoms with Gasteiger partial charge in [0.05, 0.1) is 0 Å². The average Bonchev–Trinajstić information content (AvgIpc) is 2.73. The second-order valence-electron chi connectivity index (χ2n) is 3.96. The fraction of sp³-hybridized carbons (Fsp3) is 0.308. The van der Waals surface area contributed by atoms with E-state index in [0.29, 0.717) is 0 Å². The van der Waals surface area contributed by atoms with Crippen LogP contribution in [0.5, 0.6) is 0 Å². The Kier molecular flexibility index (Phi) is 4.57. The monoisotopic (exact) mass is 280 g/mol. The molecule has 5 nitrogen and oxygen atoms in total. The van der Waals surface area contributed by atoms with Crippen LogP contribution in [0, 0.1) is 0 Å². The van der Waals surface area contributed by atoms with Crippen LogP contribution in [0.2, 0.25) is 0 Å². The summed E-state index contributed by atoms with van der Waals surface area (Å²) in [6.45, 7) is 0.209. The first-order chi connectivity index (χ1) is 9.15. The van der Waals surface area contributed by atoms with Crippen LogP contribution in [-0.2, 0) is 25.7 Å². The number of cyclic esters (lactones) is 2. The summed E-state index contributed by atoms with van der Waals surface area (Å²) in [6.07, 6.45) is 0.343. The largest absolute Gasteiger partial charge is 0.461 e. The Balaban J connectivity index is 1.70. The van der Waals surface area contributed by atoms with Gasteiger partial charge in [0.2, 0.25) is 0 Å². The molecule has 6 heteroatoms. The maximum Gasteiger partial charge on any atom is 0.375 e. The van der Waals surface area contributed by atoms with Gasteiger partial charge in [0.1, 0.15) is 11.9 Å². The van der Waals surface area contributed by atoms with Crippen LogP contribution in [0.3, 0.4) is 0 Å². The summed E-state index contributed by atoms with van der Waals surface area (Å²) in [6, 6.07) is 9.32. The molecule has 1 unspecified atom stereocenters. The second kappa shape index (κ2) is 6.38. The van der Waals surface area contributed by atoms with Gasteiger partial charge in [-0.15, -0.1) is 0 Å². The minimum absolute atomic E-state index is 0.0902. The summed E-state index contributed by atoms with van der Waals surface area (Å²) in [5.74, 6) is -0.970. The molecule has 0 bridgehead atoms. The Bertz CT molecular complexity index is 485. The van der Waals surface area contributed by atoms with Crippen molar-refractivity contribution in [1.82, 2.24) is 0 Å². The molecule has 1 aliphatic rings. The molecule has 1 atom stereocenters. The first-order valence-electron chi connectivity index (χ1n) is 5.77. The van der Waals surface area contributed by atoms with E-state index in [9.17, 15) is 14.4 Å². The number of carbonyl (C=O) groups is 3. The molecule has 0 N–H and O–H groups in total. The first kappa shape index (κ1) is 13.6. The summed E-state index contributed by atoms with van der Waals surface area (Å²) in [5, 5.41) is -1.19. The highest BCUT2D eigenvalue weighted by atomic mass is 32.2. The normalized spacial score (nSPS) is 18.2. The summed E-state index contributed by atoms with van der Waals surface area (Å²) in [4.78, 5) is 33.5. The Morgan fingerprint density at radius 2 is 2.00 bits per heavy atom. The highest BCUT2D eigenvalue weighted by Gasteiger charge is 2.34. The lowest BCUT2D eigenvalue weighted by Gasteiger charge is -2.05. The molecule has 1 aromatic rings. The van der Waals surface area contributed by atoms with Crippen molar-refractivity contribution in [3.8, 4) is 0 Å². The summed E-state index contributed by atoms with van der Waals surface area (Å²) in [7, 11) is 0. The lowest BCUT2D eigenvalue weighted by atomic mass is 10.2. The zero-order chi connectivity index (χ0) is 13.7. The number of hydrogen-bond donors (Lipinski definition) is 0. The van der Waals surface area contributed by atoms with Crippen molar-refractivity contribution >= 4 is 29.0 Å². The first-order valence-corrected chi connectivity index (χ1v) is 6.65. The van der Waals surface area contributed by atoms with Gasteiger partial charge in [0.25, 0.3) is 0 Å². The van der Waals surface area contributed by atoms with Crippen molar-refractivity contribution < 1.29 is 23.9 Å². The molecular formula is C13H12O5S. The Morgan fingerprint density at radius 3 is 2.63 bits per heavy atom. The average molecular weight is 280 g/mol. The number of rotatable bonds is 5. The summed E-state index contributed by atoms with van der Waals surface area (Å²) >= 11 is 0.812. The number of carbonyl (C=O) groups excluding carboxylic acids is 3. The molecular weight excluding hydrogens is 268 g/mol. The van der Waals surface area contributed by atoms with Gasteiger partial charge in [-0.25, -0.2) is 4.79 Å². The Labute approximate surface area is 114 Å². The van der Waals surface area contributed by atoms with E-state index in [1.54, 1.807) is 0 Å². The van der Waals surface area contributed by atoms with Gasteiger partial charge >= 0.3 is 17.2 Å². The topological polar surface area (TPSA) is 69.7 Å². The van der Waals surface area contributed by atoms with Crippen LogP contribution in [0.25, 0.3) is 0 Å². The lowest BCUT2D eigenvalue weighted by Crippen LogP contribution is -2.14. The van der Waals surface area contributed by atoms with Crippen molar-refractivity contribution in [2.24, 2.45) is 0 Å². The van der Waals surface area contributed by atoms with E-state index >= 15 is 0 Å². The van der Waals surface area contributed by atoms with Crippen molar-refractivity contribution in [3.63, 3.8) is 0 Å². The second-order valence-corrected chi connectivity index (χ2v) is 5.10. The molecule has 0 amide bonds.